The van der Waals surface area contributed by atoms with Crippen molar-refractivity contribution in [1.29, 1.82) is 0 Å². The third-order valence-corrected chi connectivity index (χ3v) is 4.58. The Morgan fingerprint density at radius 2 is 1.83 bits per heavy atom. The summed E-state index contributed by atoms with van der Waals surface area (Å²) < 4.78 is 17.9. The van der Waals surface area contributed by atoms with E-state index in [-0.39, 0.29) is 24.9 Å². The topological polar surface area (TPSA) is 82.7 Å². The Bertz CT molecular complexity index is 1040. The Morgan fingerprint density at radius 3 is 2.59 bits per heavy atom. The first kappa shape index (κ1) is 20.5. The lowest BCUT2D eigenvalue weighted by atomic mass is 10.1. The van der Waals surface area contributed by atoms with E-state index in [1.165, 1.54) is 4.57 Å². The monoisotopic (exact) mass is 398 g/mol. The standard InChI is InChI=1S/C22H26N2O5/c1-4-27-19-11-10-16(14-20(19)28-5-2)15(3)23-21(25)12-13-24-17-8-6-7-9-18(17)29-22(24)26/h6-11,14-15H,4-5,12-13H2,1-3H3,(H,23,25)/t15-/m1/s1. The van der Waals surface area contributed by atoms with E-state index in [9.17, 15) is 9.59 Å². The highest BCUT2D eigenvalue weighted by molar-refractivity contribution is 5.77. The number of nitrogens with one attached hydrogen (secondary N) is 1. The molecule has 1 aromatic heterocycles. The molecule has 7 heteroatoms. The maximum absolute atomic E-state index is 12.4. The highest BCUT2D eigenvalue weighted by Crippen LogP contribution is 2.30. The van der Waals surface area contributed by atoms with Crippen LogP contribution in [0.1, 0.15) is 38.8 Å². The van der Waals surface area contributed by atoms with E-state index in [1.807, 2.05) is 45.0 Å². The third kappa shape index (κ3) is 4.80. The molecule has 1 atom stereocenters. The van der Waals surface area contributed by atoms with Crippen LogP contribution in [0.3, 0.4) is 0 Å². The number of ether oxygens (including phenoxy) is 2. The molecular weight excluding hydrogens is 372 g/mol. The number of amides is 1. The minimum atomic E-state index is -0.458. The number of rotatable bonds is 9. The summed E-state index contributed by atoms with van der Waals surface area (Å²) in [5.74, 6) is 0.730. The number of fused-ring (bicyclic) bond motifs is 1. The molecule has 0 fully saturated rings. The van der Waals surface area contributed by atoms with E-state index in [0.29, 0.717) is 35.8 Å². The summed E-state index contributed by atoms with van der Waals surface area (Å²) in [5.41, 5.74) is 2.12. The molecule has 1 heterocycles. The van der Waals surface area contributed by atoms with Crippen molar-refractivity contribution in [3.63, 3.8) is 0 Å². The molecule has 0 saturated carbocycles. The summed E-state index contributed by atoms with van der Waals surface area (Å²) >= 11 is 0. The number of para-hydroxylation sites is 2. The van der Waals surface area contributed by atoms with Gasteiger partial charge in [0.15, 0.2) is 17.1 Å². The summed E-state index contributed by atoms with van der Waals surface area (Å²) in [5, 5.41) is 2.97. The van der Waals surface area contributed by atoms with Crippen molar-refractivity contribution in [3.8, 4) is 11.5 Å². The lowest BCUT2D eigenvalue weighted by Crippen LogP contribution is -2.28. The average molecular weight is 398 g/mol. The molecule has 0 bridgehead atoms. The van der Waals surface area contributed by atoms with Crippen LogP contribution in [0, 0.1) is 0 Å². The predicted molar refractivity (Wildman–Crippen MR) is 110 cm³/mol. The Kier molecular flexibility index (Phi) is 6.59. The van der Waals surface area contributed by atoms with Gasteiger partial charge < -0.3 is 19.2 Å². The van der Waals surface area contributed by atoms with Crippen LogP contribution in [-0.4, -0.2) is 23.7 Å². The molecule has 2 aromatic carbocycles. The zero-order valence-corrected chi connectivity index (χ0v) is 16.9. The van der Waals surface area contributed by atoms with Gasteiger partial charge in [0, 0.05) is 13.0 Å². The molecule has 0 radical (unpaired) electrons. The van der Waals surface area contributed by atoms with Gasteiger partial charge in [0.1, 0.15) is 0 Å². The van der Waals surface area contributed by atoms with Crippen molar-refractivity contribution in [3.05, 3.63) is 58.6 Å². The number of aromatic nitrogens is 1. The second-order valence-electron chi connectivity index (χ2n) is 6.60. The number of benzene rings is 2. The van der Waals surface area contributed by atoms with Gasteiger partial charge in [-0.25, -0.2) is 4.79 Å². The van der Waals surface area contributed by atoms with E-state index < -0.39 is 5.76 Å². The van der Waals surface area contributed by atoms with E-state index in [1.54, 1.807) is 18.2 Å². The van der Waals surface area contributed by atoms with Gasteiger partial charge in [-0.05, 0) is 50.6 Å². The number of carbonyl (C=O) groups is 1. The van der Waals surface area contributed by atoms with Crippen molar-refractivity contribution in [2.24, 2.45) is 0 Å². The maximum atomic E-state index is 12.4. The average Bonchev–Trinajstić information content (AvgIpc) is 3.03. The molecule has 0 saturated heterocycles. The number of nitrogens with zero attached hydrogens (tertiary/aromatic N) is 1. The van der Waals surface area contributed by atoms with E-state index in [0.717, 1.165) is 5.56 Å². The summed E-state index contributed by atoms with van der Waals surface area (Å²) in [4.78, 5) is 24.5. The third-order valence-electron chi connectivity index (χ3n) is 4.58. The van der Waals surface area contributed by atoms with E-state index in [4.69, 9.17) is 13.9 Å². The Morgan fingerprint density at radius 1 is 1.10 bits per heavy atom. The summed E-state index contributed by atoms with van der Waals surface area (Å²) in [6.07, 6.45) is 0.170. The van der Waals surface area contributed by atoms with Crippen LogP contribution in [0.5, 0.6) is 11.5 Å². The number of carbonyl (C=O) groups excluding carboxylic acids is 1. The zero-order chi connectivity index (χ0) is 20.8. The molecule has 3 aromatic rings. The predicted octanol–water partition coefficient (Wildman–Crippen LogP) is 3.66. The Hall–Kier alpha value is -3.22. The zero-order valence-electron chi connectivity index (χ0n) is 16.9. The quantitative estimate of drug-likeness (QED) is 0.595. The van der Waals surface area contributed by atoms with Crippen molar-refractivity contribution >= 4 is 17.0 Å². The molecule has 154 valence electrons. The first-order valence-electron chi connectivity index (χ1n) is 9.80. The largest absolute Gasteiger partial charge is 0.490 e. The van der Waals surface area contributed by atoms with Crippen LogP contribution in [0.4, 0.5) is 0 Å². The van der Waals surface area contributed by atoms with E-state index >= 15 is 0 Å². The molecule has 0 aliphatic carbocycles. The van der Waals surface area contributed by atoms with Gasteiger partial charge in [-0.15, -0.1) is 0 Å². The molecule has 0 unspecified atom stereocenters. The van der Waals surface area contributed by atoms with Crippen molar-refractivity contribution < 1.29 is 18.7 Å². The highest BCUT2D eigenvalue weighted by Gasteiger charge is 2.15. The van der Waals surface area contributed by atoms with Crippen LogP contribution < -0.4 is 20.5 Å². The van der Waals surface area contributed by atoms with Crippen LogP contribution in [0.15, 0.2) is 51.7 Å². The van der Waals surface area contributed by atoms with Gasteiger partial charge in [-0.1, -0.05) is 18.2 Å². The molecule has 0 aliphatic rings. The second kappa shape index (κ2) is 9.32. The molecule has 29 heavy (non-hydrogen) atoms. The van der Waals surface area contributed by atoms with Crippen LogP contribution >= 0.6 is 0 Å². The molecular formula is C22H26N2O5. The summed E-state index contributed by atoms with van der Waals surface area (Å²) in [7, 11) is 0. The first-order chi connectivity index (χ1) is 14.0. The van der Waals surface area contributed by atoms with Gasteiger partial charge in [0.05, 0.1) is 24.8 Å². The first-order valence-corrected chi connectivity index (χ1v) is 9.80. The molecule has 0 spiro atoms. The fourth-order valence-corrected chi connectivity index (χ4v) is 3.17. The van der Waals surface area contributed by atoms with E-state index in [2.05, 4.69) is 5.32 Å². The Labute approximate surface area is 169 Å². The normalized spacial score (nSPS) is 12.0. The lowest BCUT2D eigenvalue weighted by molar-refractivity contribution is -0.121. The van der Waals surface area contributed by atoms with Gasteiger partial charge in [0.25, 0.3) is 0 Å². The molecule has 1 amide bonds. The van der Waals surface area contributed by atoms with Gasteiger partial charge in [0.2, 0.25) is 5.91 Å². The van der Waals surface area contributed by atoms with Gasteiger partial charge in [-0.2, -0.15) is 0 Å². The number of hydrogen-bond acceptors (Lipinski definition) is 5. The summed E-state index contributed by atoms with van der Waals surface area (Å²) in [6.45, 7) is 7.06. The van der Waals surface area contributed by atoms with Gasteiger partial charge >= 0.3 is 5.76 Å². The number of aryl methyl sites for hydroxylation is 1. The maximum Gasteiger partial charge on any atom is 0.419 e. The number of oxazole rings is 1. The molecule has 7 nitrogen and oxygen atoms in total. The highest BCUT2D eigenvalue weighted by atomic mass is 16.5. The van der Waals surface area contributed by atoms with Gasteiger partial charge in [-0.3, -0.25) is 9.36 Å². The van der Waals surface area contributed by atoms with Crippen LogP contribution in [0.2, 0.25) is 0 Å². The molecule has 1 N–H and O–H groups in total. The second-order valence-corrected chi connectivity index (χ2v) is 6.60. The molecule has 0 aliphatic heterocycles. The van der Waals surface area contributed by atoms with Crippen molar-refractivity contribution in [1.82, 2.24) is 9.88 Å². The fourth-order valence-electron chi connectivity index (χ4n) is 3.17. The SMILES string of the molecule is CCOc1ccc([C@@H](C)NC(=O)CCn2c(=O)oc3ccccc32)cc1OCC. The minimum Gasteiger partial charge on any atom is -0.490 e. The number of hydrogen-bond donors (Lipinski definition) is 1. The fraction of sp³-hybridized carbons (Fsp3) is 0.364. The lowest BCUT2D eigenvalue weighted by Gasteiger charge is -2.17. The smallest absolute Gasteiger partial charge is 0.419 e. The van der Waals surface area contributed by atoms with Crippen molar-refractivity contribution in [2.75, 3.05) is 13.2 Å². The van der Waals surface area contributed by atoms with Crippen LogP contribution in [-0.2, 0) is 11.3 Å². The minimum absolute atomic E-state index is 0.151. The molecule has 3 rings (SSSR count). The van der Waals surface area contributed by atoms with Crippen LogP contribution in [0.25, 0.3) is 11.1 Å². The van der Waals surface area contributed by atoms with Crippen molar-refractivity contribution in [2.45, 2.75) is 39.8 Å². The summed E-state index contributed by atoms with van der Waals surface area (Å²) in [6, 6.07) is 12.6. The Balaban J connectivity index is 1.65.